The molecule has 0 saturated heterocycles. The first kappa shape index (κ1) is 13.0. The zero-order valence-corrected chi connectivity index (χ0v) is 12.0. The Labute approximate surface area is 120 Å². The summed E-state index contributed by atoms with van der Waals surface area (Å²) in [6.45, 7) is 13.1. The summed E-state index contributed by atoms with van der Waals surface area (Å²) in [6.07, 6.45) is 1.03. The maximum Gasteiger partial charge on any atom is 0.0999 e. The third-order valence-corrected chi connectivity index (χ3v) is 3.92. The molecule has 3 heteroatoms. The number of nitrogens with one attached hydrogen (secondary N) is 2. The minimum atomic E-state index is 0.834. The molecule has 1 aromatic rings. The van der Waals surface area contributed by atoms with E-state index in [1.165, 1.54) is 22.4 Å². The molecule has 2 aliphatic rings. The van der Waals surface area contributed by atoms with Gasteiger partial charge in [0.05, 0.1) is 5.82 Å². The lowest BCUT2D eigenvalue weighted by Gasteiger charge is -2.36. The number of aryl methyl sites for hydroxylation is 1. The first-order chi connectivity index (χ1) is 9.61. The van der Waals surface area contributed by atoms with E-state index in [0.29, 0.717) is 0 Å². The lowest BCUT2D eigenvalue weighted by atomic mass is 10.0. The van der Waals surface area contributed by atoms with Crippen molar-refractivity contribution < 1.29 is 0 Å². The van der Waals surface area contributed by atoms with Gasteiger partial charge >= 0.3 is 0 Å². The van der Waals surface area contributed by atoms with Crippen molar-refractivity contribution in [3.63, 3.8) is 0 Å². The molecule has 0 bridgehead atoms. The van der Waals surface area contributed by atoms with Crippen LogP contribution in [-0.4, -0.2) is 18.0 Å². The largest absolute Gasteiger partial charge is 0.345 e. The predicted octanol–water partition coefficient (Wildman–Crippen LogP) is 2.63. The van der Waals surface area contributed by atoms with Crippen LogP contribution in [0, 0.1) is 6.92 Å². The first-order valence-corrected chi connectivity index (χ1v) is 7.04. The molecule has 0 unspecified atom stereocenters. The molecular weight excluding hydrogens is 246 g/mol. The minimum Gasteiger partial charge on any atom is -0.345 e. The summed E-state index contributed by atoms with van der Waals surface area (Å²) in [4.78, 5) is 2.46. The van der Waals surface area contributed by atoms with Crippen molar-refractivity contribution in [2.24, 2.45) is 0 Å². The van der Waals surface area contributed by atoms with Gasteiger partial charge in [0.25, 0.3) is 0 Å². The Hall–Kier alpha value is -2.00. The molecule has 104 valence electrons. The van der Waals surface area contributed by atoms with Crippen molar-refractivity contribution in [3.8, 4) is 0 Å². The van der Waals surface area contributed by atoms with E-state index in [2.05, 4.69) is 59.9 Å². The van der Waals surface area contributed by atoms with Gasteiger partial charge in [0, 0.05) is 43.0 Å². The molecule has 0 atom stereocenters. The third kappa shape index (κ3) is 2.63. The third-order valence-electron chi connectivity index (χ3n) is 3.92. The highest BCUT2D eigenvalue weighted by Crippen LogP contribution is 2.25. The lowest BCUT2D eigenvalue weighted by Crippen LogP contribution is -2.41. The predicted molar refractivity (Wildman–Crippen MR) is 82.7 cm³/mol. The fourth-order valence-electron chi connectivity index (χ4n) is 2.79. The maximum atomic E-state index is 4.11. The van der Waals surface area contributed by atoms with E-state index in [1.54, 1.807) is 0 Å². The van der Waals surface area contributed by atoms with Crippen LogP contribution >= 0.6 is 0 Å². The zero-order chi connectivity index (χ0) is 14.1. The summed E-state index contributed by atoms with van der Waals surface area (Å²) in [6, 6.07) is 8.79. The molecule has 2 aliphatic heterocycles. The van der Waals surface area contributed by atoms with Crippen molar-refractivity contribution in [1.82, 2.24) is 15.5 Å². The molecule has 20 heavy (non-hydrogen) atoms. The highest BCUT2D eigenvalue weighted by molar-refractivity contribution is 5.41. The summed E-state index contributed by atoms with van der Waals surface area (Å²) in [5.74, 6) is 0.834. The highest BCUT2D eigenvalue weighted by atomic mass is 15.2. The summed E-state index contributed by atoms with van der Waals surface area (Å²) in [7, 11) is 0. The highest BCUT2D eigenvalue weighted by Gasteiger charge is 2.24. The summed E-state index contributed by atoms with van der Waals surface area (Å²) in [5, 5.41) is 6.51. The van der Waals surface area contributed by atoms with Gasteiger partial charge in [-0.05, 0) is 12.5 Å². The molecule has 2 N–H and O–H groups in total. The molecule has 0 saturated carbocycles. The number of nitrogens with zero attached hydrogens (tertiary/aromatic N) is 1. The summed E-state index contributed by atoms with van der Waals surface area (Å²) < 4.78 is 0. The van der Waals surface area contributed by atoms with E-state index in [9.17, 15) is 0 Å². The number of rotatable bonds is 2. The molecule has 0 aromatic heterocycles. The number of benzene rings is 1. The molecule has 3 rings (SSSR count). The van der Waals surface area contributed by atoms with Gasteiger partial charge in [-0.15, -0.1) is 0 Å². The van der Waals surface area contributed by atoms with Crippen molar-refractivity contribution in [2.45, 2.75) is 19.9 Å². The summed E-state index contributed by atoms with van der Waals surface area (Å²) in [5.41, 5.74) is 6.23. The van der Waals surface area contributed by atoms with Gasteiger partial charge in [0.1, 0.15) is 0 Å². The second kappa shape index (κ2) is 5.17. The van der Waals surface area contributed by atoms with Crippen LogP contribution in [-0.2, 0) is 6.54 Å². The van der Waals surface area contributed by atoms with Crippen molar-refractivity contribution >= 4 is 0 Å². The van der Waals surface area contributed by atoms with Crippen LogP contribution in [0.25, 0.3) is 0 Å². The molecule has 0 amide bonds. The second-order valence-corrected chi connectivity index (χ2v) is 5.61. The standard InChI is InChI=1S/C17H21N3/c1-12-4-6-15(7-5-12)10-20-9-8-17-16(11-20)13(2)18-14(3)19-17/h4-7,18-19H,2-3,8-11H2,1H3. The van der Waals surface area contributed by atoms with Crippen LogP contribution in [0.2, 0.25) is 0 Å². The van der Waals surface area contributed by atoms with Gasteiger partial charge in [-0.3, -0.25) is 4.90 Å². The summed E-state index contributed by atoms with van der Waals surface area (Å²) >= 11 is 0. The molecule has 2 heterocycles. The SMILES string of the molecule is C=C1NC(=C)C2=C(CCN(Cc3ccc(C)cc3)C2)N1. The van der Waals surface area contributed by atoms with E-state index in [-0.39, 0.29) is 0 Å². The lowest BCUT2D eigenvalue weighted by molar-refractivity contribution is 0.272. The second-order valence-electron chi connectivity index (χ2n) is 5.61. The molecule has 0 radical (unpaired) electrons. The van der Waals surface area contributed by atoms with E-state index in [1.807, 2.05) is 0 Å². The van der Waals surface area contributed by atoms with E-state index in [4.69, 9.17) is 0 Å². The Morgan fingerprint density at radius 1 is 1.15 bits per heavy atom. The first-order valence-electron chi connectivity index (χ1n) is 7.04. The smallest absolute Gasteiger partial charge is 0.0999 e. The van der Waals surface area contributed by atoms with Crippen molar-refractivity contribution in [1.29, 1.82) is 0 Å². The van der Waals surface area contributed by atoms with E-state index in [0.717, 1.165) is 37.6 Å². The van der Waals surface area contributed by atoms with E-state index >= 15 is 0 Å². The van der Waals surface area contributed by atoms with Gasteiger partial charge < -0.3 is 10.6 Å². The molecule has 1 aromatic carbocycles. The Morgan fingerprint density at radius 3 is 2.65 bits per heavy atom. The van der Waals surface area contributed by atoms with Crippen LogP contribution in [0.5, 0.6) is 0 Å². The van der Waals surface area contributed by atoms with Gasteiger partial charge in [-0.25, -0.2) is 0 Å². The normalized spacial score (nSPS) is 19.4. The molecule has 0 spiro atoms. The number of hydrogen-bond acceptors (Lipinski definition) is 3. The Kier molecular flexibility index (Phi) is 3.36. The monoisotopic (exact) mass is 267 g/mol. The Balaban J connectivity index is 1.71. The van der Waals surface area contributed by atoms with E-state index < -0.39 is 0 Å². The Morgan fingerprint density at radius 2 is 1.90 bits per heavy atom. The minimum absolute atomic E-state index is 0.834. The van der Waals surface area contributed by atoms with Crippen molar-refractivity contribution in [2.75, 3.05) is 13.1 Å². The average Bonchev–Trinajstić information content (AvgIpc) is 2.42. The van der Waals surface area contributed by atoms with Gasteiger partial charge in [-0.2, -0.15) is 0 Å². The van der Waals surface area contributed by atoms with Crippen LogP contribution in [0.1, 0.15) is 17.5 Å². The quantitative estimate of drug-likeness (QED) is 0.862. The fourth-order valence-corrected chi connectivity index (χ4v) is 2.79. The Bertz CT molecular complexity index is 581. The van der Waals surface area contributed by atoms with Gasteiger partial charge in [0.15, 0.2) is 0 Å². The van der Waals surface area contributed by atoms with Crippen LogP contribution in [0.3, 0.4) is 0 Å². The molecule has 3 nitrogen and oxygen atoms in total. The van der Waals surface area contributed by atoms with Crippen molar-refractivity contribution in [3.05, 3.63) is 71.3 Å². The van der Waals surface area contributed by atoms with Crippen LogP contribution in [0.15, 0.2) is 60.2 Å². The molecule has 0 aliphatic carbocycles. The average molecular weight is 267 g/mol. The molecule has 0 fully saturated rings. The topological polar surface area (TPSA) is 27.3 Å². The van der Waals surface area contributed by atoms with Gasteiger partial charge in [0.2, 0.25) is 0 Å². The number of hydrogen-bond donors (Lipinski definition) is 2. The maximum absolute atomic E-state index is 4.11. The fraction of sp³-hybridized carbons (Fsp3) is 0.294. The van der Waals surface area contributed by atoms with Crippen LogP contribution in [0.4, 0.5) is 0 Å². The molecular formula is C17H21N3. The van der Waals surface area contributed by atoms with Gasteiger partial charge in [-0.1, -0.05) is 43.0 Å². The van der Waals surface area contributed by atoms with Crippen LogP contribution < -0.4 is 10.6 Å². The zero-order valence-electron chi connectivity index (χ0n) is 12.0.